The van der Waals surface area contributed by atoms with Gasteiger partial charge in [0.05, 0.1) is 11.6 Å². The average Bonchev–Trinajstić information content (AvgIpc) is 2.76. The molecule has 0 aromatic carbocycles. The molecule has 1 aliphatic rings. The number of amidine groups is 1. The average molecular weight is 310 g/mol. The van der Waals surface area contributed by atoms with Crippen molar-refractivity contribution in [3.05, 3.63) is 16.1 Å². The Kier molecular flexibility index (Phi) is 5.17. The predicted molar refractivity (Wildman–Crippen MR) is 82.2 cm³/mol. The van der Waals surface area contributed by atoms with Gasteiger partial charge in [-0.3, -0.25) is 4.79 Å². The second-order valence-corrected chi connectivity index (χ2v) is 6.83. The van der Waals surface area contributed by atoms with Crippen LogP contribution in [0.5, 0.6) is 0 Å². The summed E-state index contributed by atoms with van der Waals surface area (Å²) in [4.78, 5) is 17.8. The third-order valence-electron chi connectivity index (χ3n) is 4.08. The minimum atomic E-state index is -0.870. The fourth-order valence-corrected chi connectivity index (χ4v) is 3.59. The summed E-state index contributed by atoms with van der Waals surface area (Å²) in [5, 5.41) is 16.1. The van der Waals surface area contributed by atoms with Crippen LogP contribution < -0.4 is 11.1 Å². The van der Waals surface area contributed by atoms with E-state index in [4.69, 9.17) is 10.9 Å². The topological polar surface area (TPSA) is 101 Å². The quantitative estimate of drug-likeness (QED) is 0.261. The number of rotatable bonds is 4. The molecule has 0 atom stereocenters. The number of carbonyl (C=O) groups is 1. The van der Waals surface area contributed by atoms with E-state index in [9.17, 15) is 4.79 Å². The zero-order valence-electron chi connectivity index (χ0n) is 12.3. The van der Waals surface area contributed by atoms with Crippen molar-refractivity contribution in [2.24, 2.45) is 16.3 Å². The van der Waals surface area contributed by atoms with Crippen LogP contribution in [0.3, 0.4) is 0 Å². The molecular formula is C14H22N4O2S. The van der Waals surface area contributed by atoms with E-state index < -0.39 is 5.41 Å². The Morgan fingerprint density at radius 2 is 2.14 bits per heavy atom. The summed E-state index contributed by atoms with van der Waals surface area (Å²) < 4.78 is 0. The highest BCUT2D eigenvalue weighted by atomic mass is 32.1. The second kappa shape index (κ2) is 6.89. The normalized spacial score (nSPS) is 19.0. The highest BCUT2D eigenvalue weighted by Crippen LogP contribution is 2.35. The van der Waals surface area contributed by atoms with Crippen LogP contribution in [0.1, 0.15) is 48.4 Å². The molecule has 0 aliphatic heterocycles. The van der Waals surface area contributed by atoms with Gasteiger partial charge in [-0.15, -0.1) is 11.3 Å². The summed E-state index contributed by atoms with van der Waals surface area (Å²) in [5.41, 5.74) is 4.99. The number of amides is 1. The number of hydrogen-bond acceptors (Lipinski definition) is 5. The molecule has 0 radical (unpaired) electrons. The Labute approximate surface area is 128 Å². The van der Waals surface area contributed by atoms with Gasteiger partial charge in [0.2, 0.25) is 5.91 Å². The molecule has 1 aliphatic carbocycles. The Bertz CT molecular complexity index is 519. The van der Waals surface area contributed by atoms with Gasteiger partial charge >= 0.3 is 0 Å². The van der Waals surface area contributed by atoms with Crippen LogP contribution in [0.25, 0.3) is 0 Å². The molecule has 4 N–H and O–H groups in total. The van der Waals surface area contributed by atoms with E-state index >= 15 is 0 Å². The molecule has 0 bridgehead atoms. The smallest absolute Gasteiger partial charge is 0.234 e. The monoisotopic (exact) mass is 310 g/mol. The first-order valence-electron chi connectivity index (χ1n) is 7.26. The largest absolute Gasteiger partial charge is 0.409 e. The van der Waals surface area contributed by atoms with Crippen molar-refractivity contribution in [1.29, 1.82) is 0 Å². The molecule has 7 heteroatoms. The zero-order valence-corrected chi connectivity index (χ0v) is 13.1. The third kappa shape index (κ3) is 3.53. The molecule has 0 saturated heterocycles. The van der Waals surface area contributed by atoms with Gasteiger partial charge in [-0.2, -0.15) is 0 Å². The van der Waals surface area contributed by atoms with Crippen molar-refractivity contribution in [2.75, 3.05) is 0 Å². The van der Waals surface area contributed by atoms with Gasteiger partial charge < -0.3 is 16.3 Å². The highest BCUT2D eigenvalue weighted by molar-refractivity contribution is 7.11. The van der Waals surface area contributed by atoms with Crippen LogP contribution in [-0.4, -0.2) is 21.9 Å². The predicted octanol–water partition coefficient (Wildman–Crippen LogP) is 2.15. The molecule has 1 aromatic rings. The van der Waals surface area contributed by atoms with Crippen LogP contribution in [-0.2, 0) is 11.3 Å². The van der Waals surface area contributed by atoms with Gasteiger partial charge in [-0.25, -0.2) is 4.98 Å². The number of oxime groups is 1. The number of hydrogen-bond donors (Lipinski definition) is 3. The summed E-state index contributed by atoms with van der Waals surface area (Å²) in [6.07, 6.45) is 7.05. The Hall–Kier alpha value is -1.63. The fraction of sp³-hybridized carbons (Fsp3) is 0.643. The minimum absolute atomic E-state index is 0.0300. The molecule has 0 unspecified atom stereocenters. The van der Waals surface area contributed by atoms with Crippen molar-refractivity contribution in [1.82, 2.24) is 10.3 Å². The van der Waals surface area contributed by atoms with Gasteiger partial charge in [0.1, 0.15) is 5.41 Å². The fourth-order valence-electron chi connectivity index (χ4n) is 2.85. The molecule has 6 nitrogen and oxygen atoms in total. The second-order valence-electron chi connectivity index (χ2n) is 5.51. The van der Waals surface area contributed by atoms with Gasteiger partial charge in [-0.05, 0) is 19.8 Å². The van der Waals surface area contributed by atoms with Crippen molar-refractivity contribution in [3.63, 3.8) is 0 Å². The van der Waals surface area contributed by atoms with Crippen LogP contribution in [0.4, 0.5) is 0 Å². The van der Waals surface area contributed by atoms with E-state index in [1.807, 2.05) is 6.92 Å². The number of thiazole rings is 1. The molecule has 1 heterocycles. The molecule has 1 saturated carbocycles. The summed E-state index contributed by atoms with van der Waals surface area (Å²) in [5.74, 6) is -0.117. The summed E-state index contributed by atoms with van der Waals surface area (Å²) in [6.45, 7) is 2.37. The maximum Gasteiger partial charge on any atom is 0.234 e. The molecule has 1 amide bonds. The molecular weight excluding hydrogens is 288 g/mol. The van der Waals surface area contributed by atoms with Crippen LogP contribution in [0.15, 0.2) is 11.4 Å². The zero-order chi connectivity index (χ0) is 15.3. The molecule has 1 fully saturated rings. The first-order valence-corrected chi connectivity index (χ1v) is 8.08. The van der Waals surface area contributed by atoms with Crippen molar-refractivity contribution < 1.29 is 10.0 Å². The van der Waals surface area contributed by atoms with E-state index in [1.165, 1.54) is 0 Å². The Balaban J connectivity index is 2.10. The molecule has 0 spiro atoms. The number of nitrogens with one attached hydrogen (secondary N) is 1. The lowest BCUT2D eigenvalue weighted by atomic mass is 9.78. The Morgan fingerprint density at radius 3 is 2.67 bits per heavy atom. The van der Waals surface area contributed by atoms with E-state index in [0.717, 1.165) is 35.6 Å². The van der Waals surface area contributed by atoms with Crippen LogP contribution in [0, 0.1) is 12.3 Å². The van der Waals surface area contributed by atoms with Gasteiger partial charge in [0.15, 0.2) is 5.84 Å². The maximum absolute atomic E-state index is 12.7. The molecule has 116 valence electrons. The maximum atomic E-state index is 12.7. The summed E-state index contributed by atoms with van der Waals surface area (Å²) >= 11 is 1.56. The van der Waals surface area contributed by atoms with Gasteiger partial charge in [0.25, 0.3) is 0 Å². The lowest BCUT2D eigenvalue weighted by molar-refractivity contribution is -0.128. The highest BCUT2D eigenvalue weighted by Gasteiger charge is 2.42. The Morgan fingerprint density at radius 1 is 1.48 bits per heavy atom. The van der Waals surface area contributed by atoms with E-state index in [2.05, 4.69) is 15.5 Å². The van der Waals surface area contributed by atoms with Crippen molar-refractivity contribution >= 4 is 23.1 Å². The van der Waals surface area contributed by atoms with E-state index in [-0.39, 0.29) is 11.7 Å². The van der Waals surface area contributed by atoms with E-state index in [0.29, 0.717) is 19.4 Å². The van der Waals surface area contributed by atoms with Crippen molar-refractivity contribution in [2.45, 2.75) is 52.0 Å². The lowest BCUT2D eigenvalue weighted by Gasteiger charge is -2.29. The molecule has 21 heavy (non-hydrogen) atoms. The third-order valence-corrected chi connectivity index (χ3v) is 4.99. The van der Waals surface area contributed by atoms with Crippen molar-refractivity contribution in [3.8, 4) is 0 Å². The first kappa shape index (κ1) is 15.8. The van der Waals surface area contributed by atoms with Gasteiger partial charge in [-0.1, -0.05) is 30.8 Å². The number of nitrogens with zero attached hydrogens (tertiary/aromatic N) is 2. The number of aromatic nitrogens is 1. The SMILES string of the molecule is Cc1ncc(CNC(=O)C2(C(N)=NO)CCCCCC2)s1. The minimum Gasteiger partial charge on any atom is -0.409 e. The standard InChI is InChI=1S/C14H22N4O2S/c1-10-16-8-11(21-10)9-17-13(19)14(12(15)18-20)6-4-2-3-5-7-14/h8,20H,2-7,9H2,1H3,(H2,15,18)(H,17,19). The number of nitrogens with two attached hydrogens (primary N) is 1. The number of carbonyl (C=O) groups excluding carboxylic acids is 1. The van der Waals surface area contributed by atoms with Crippen LogP contribution >= 0.6 is 11.3 Å². The lowest BCUT2D eigenvalue weighted by Crippen LogP contribution is -2.49. The summed E-state index contributed by atoms with van der Waals surface area (Å²) in [6, 6.07) is 0. The first-order chi connectivity index (χ1) is 10.1. The number of aryl methyl sites for hydroxylation is 1. The van der Waals surface area contributed by atoms with Crippen LogP contribution in [0.2, 0.25) is 0 Å². The molecule has 1 aromatic heterocycles. The molecule has 2 rings (SSSR count). The van der Waals surface area contributed by atoms with Gasteiger partial charge in [0, 0.05) is 11.1 Å². The van der Waals surface area contributed by atoms with E-state index in [1.54, 1.807) is 17.5 Å². The summed E-state index contributed by atoms with van der Waals surface area (Å²) in [7, 11) is 0.